The molecule has 0 aliphatic heterocycles. The van der Waals surface area contributed by atoms with E-state index in [1.807, 2.05) is 18.3 Å². The lowest BCUT2D eigenvalue weighted by Crippen LogP contribution is -2.06. The molecule has 0 aliphatic rings. The van der Waals surface area contributed by atoms with E-state index >= 15 is 0 Å². The zero-order valence-electron chi connectivity index (χ0n) is 11.8. The largest absolute Gasteiger partial charge is 0.487 e. The van der Waals surface area contributed by atoms with Crippen LogP contribution in [0.4, 0.5) is 11.4 Å². The van der Waals surface area contributed by atoms with Crippen molar-refractivity contribution >= 4 is 11.4 Å². The quantitative estimate of drug-likeness (QED) is 0.625. The van der Waals surface area contributed by atoms with Crippen molar-refractivity contribution in [1.29, 1.82) is 0 Å². The Kier molecular flexibility index (Phi) is 5.09. The normalized spacial score (nSPS) is 10.1. The minimum Gasteiger partial charge on any atom is -0.487 e. The zero-order chi connectivity index (χ0) is 15.1. The fourth-order valence-electron chi connectivity index (χ4n) is 1.94. The topological polar surface area (TPSA) is 77.3 Å². The number of ether oxygens (including phenoxy) is 1. The van der Waals surface area contributed by atoms with Crippen LogP contribution in [0.3, 0.4) is 0 Å². The highest BCUT2D eigenvalue weighted by Crippen LogP contribution is 2.30. The number of hydrogen-bond acceptors (Lipinski definition) is 5. The van der Waals surface area contributed by atoms with E-state index < -0.39 is 4.92 Å². The maximum atomic E-state index is 10.9. The van der Waals surface area contributed by atoms with Gasteiger partial charge in [-0.1, -0.05) is 6.07 Å². The van der Waals surface area contributed by atoms with Crippen molar-refractivity contribution in [1.82, 2.24) is 4.98 Å². The standard InChI is InChI=1S/C15H17N3O3/c1-2-21-15-10-13(5-6-14(15)18(19)20)17-9-7-12-4-3-8-16-11-12/h3-6,8,10-11,17H,2,7,9H2,1H3. The molecule has 0 bridgehead atoms. The fraction of sp³-hybridized carbons (Fsp3) is 0.267. The van der Waals surface area contributed by atoms with Crippen LogP contribution in [0.1, 0.15) is 12.5 Å². The molecular formula is C15H17N3O3. The first-order valence-electron chi connectivity index (χ1n) is 6.74. The smallest absolute Gasteiger partial charge is 0.311 e. The highest BCUT2D eigenvalue weighted by molar-refractivity contribution is 5.58. The van der Waals surface area contributed by atoms with E-state index in [1.165, 1.54) is 6.07 Å². The first-order chi connectivity index (χ1) is 10.2. The van der Waals surface area contributed by atoms with Crippen molar-refractivity contribution < 1.29 is 9.66 Å². The van der Waals surface area contributed by atoms with Gasteiger partial charge in [-0.2, -0.15) is 0 Å². The molecule has 0 amide bonds. The average Bonchev–Trinajstić information content (AvgIpc) is 2.49. The summed E-state index contributed by atoms with van der Waals surface area (Å²) >= 11 is 0. The molecule has 0 saturated carbocycles. The molecule has 0 saturated heterocycles. The number of benzene rings is 1. The third-order valence-electron chi connectivity index (χ3n) is 2.92. The van der Waals surface area contributed by atoms with Crippen LogP contribution in [0.25, 0.3) is 0 Å². The van der Waals surface area contributed by atoms with Gasteiger partial charge in [-0.05, 0) is 31.0 Å². The lowest BCUT2D eigenvalue weighted by atomic mass is 10.2. The van der Waals surface area contributed by atoms with Crippen LogP contribution in [0.5, 0.6) is 5.75 Å². The summed E-state index contributed by atoms with van der Waals surface area (Å²) in [4.78, 5) is 14.5. The van der Waals surface area contributed by atoms with Crippen LogP contribution in [0, 0.1) is 10.1 Å². The van der Waals surface area contributed by atoms with Gasteiger partial charge in [-0.25, -0.2) is 0 Å². The molecule has 0 unspecified atom stereocenters. The van der Waals surface area contributed by atoms with Crippen molar-refractivity contribution in [2.24, 2.45) is 0 Å². The molecule has 21 heavy (non-hydrogen) atoms. The van der Waals surface area contributed by atoms with E-state index in [2.05, 4.69) is 10.3 Å². The predicted molar refractivity (Wildman–Crippen MR) is 80.7 cm³/mol. The van der Waals surface area contributed by atoms with Gasteiger partial charge in [-0.3, -0.25) is 15.1 Å². The van der Waals surface area contributed by atoms with E-state index in [9.17, 15) is 10.1 Å². The Bertz CT molecular complexity index is 602. The molecule has 110 valence electrons. The number of nitro benzene ring substituents is 1. The van der Waals surface area contributed by atoms with E-state index in [0.29, 0.717) is 6.61 Å². The third kappa shape index (κ3) is 4.17. The lowest BCUT2D eigenvalue weighted by Gasteiger charge is -2.09. The lowest BCUT2D eigenvalue weighted by molar-refractivity contribution is -0.385. The SMILES string of the molecule is CCOc1cc(NCCc2cccnc2)ccc1[N+](=O)[O-]. The Morgan fingerprint density at radius 2 is 2.24 bits per heavy atom. The molecule has 1 N–H and O–H groups in total. The highest BCUT2D eigenvalue weighted by atomic mass is 16.6. The second kappa shape index (κ2) is 7.23. The Balaban J connectivity index is 2.00. The van der Waals surface area contributed by atoms with E-state index in [1.54, 1.807) is 25.3 Å². The van der Waals surface area contributed by atoms with Crippen molar-refractivity contribution in [2.75, 3.05) is 18.5 Å². The molecule has 1 aromatic heterocycles. The molecule has 2 aromatic rings. The van der Waals surface area contributed by atoms with Crippen LogP contribution in [0.2, 0.25) is 0 Å². The predicted octanol–water partition coefficient (Wildman–Crippen LogP) is 3.04. The summed E-state index contributed by atoms with van der Waals surface area (Å²) in [5, 5.41) is 14.1. The first kappa shape index (κ1) is 14.8. The van der Waals surface area contributed by atoms with E-state index in [-0.39, 0.29) is 11.4 Å². The summed E-state index contributed by atoms with van der Waals surface area (Å²) in [7, 11) is 0. The van der Waals surface area contributed by atoms with Crippen molar-refractivity contribution in [2.45, 2.75) is 13.3 Å². The minimum atomic E-state index is -0.440. The van der Waals surface area contributed by atoms with E-state index in [0.717, 1.165) is 24.2 Å². The number of nitro groups is 1. The highest BCUT2D eigenvalue weighted by Gasteiger charge is 2.15. The Morgan fingerprint density at radius 3 is 2.90 bits per heavy atom. The van der Waals surface area contributed by atoms with Gasteiger partial charge in [0.15, 0.2) is 5.75 Å². The van der Waals surface area contributed by atoms with Gasteiger partial charge in [0.2, 0.25) is 0 Å². The number of aromatic nitrogens is 1. The summed E-state index contributed by atoms with van der Waals surface area (Å²) in [5.74, 6) is 0.286. The summed E-state index contributed by atoms with van der Waals surface area (Å²) in [6.07, 6.45) is 4.39. The van der Waals surface area contributed by atoms with Gasteiger partial charge in [0.25, 0.3) is 0 Å². The van der Waals surface area contributed by atoms with Gasteiger partial charge in [0.05, 0.1) is 11.5 Å². The maximum Gasteiger partial charge on any atom is 0.311 e. The minimum absolute atomic E-state index is 0.0188. The van der Waals surface area contributed by atoms with Gasteiger partial charge in [0.1, 0.15) is 0 Å². The monoisotopic (exact) mass is 287 g/mol. The number of rotatable bonds is 7. The van der Waals surface area contributed by atoms with Crippen molar-refractivity contribution in [3.8, 4) is 5.75 Å². The molecule has 0 atom stereocenters. The molecule has 1 heterocycles. The number of nitrogens with zero attached hydrogens (tertiary/aromatic N) is 2. The third-order valence-corrected chi connectivity index (χ3v) is 2.92. The van der Waals surface area contributed by atoms with Gasteiger partial charge in [0, 0.05) is 36.8 Å². The van der Waals surface area contributed by atoms with E-state index in [4.69, 9.17) is 4.74 Å². The maximum absolute atomic E-state index is 10.9. The second-order valence-corrected chi connectivity index (χ2v) is 4.41. The van der Waals surface area contributed by atoms with Crippen LogP contribution in [-0.2, 0) is 6.42 Å². The molecule has 1 aromatic carbocycles. The van der Waals surface area contributed by atoms with Gasteiger partial charge >= 0.3 is 5.69 Å². The number of hydrogen-bond donors (Lipinski definition) is 1. The van der Waals surface area contributed by atoms with Crippen LogP contribution in [-0.4, -0.2) is 23.1 Å². The first-order valence-corrected chi connectivity index (χ1v) is 6.74. The molecule has 6 heteroatoms. The van der Waals surface area contributed by atoms with Gasteiger partial charge in [-0.15, -0.1) is 0 Å². The molecule has 0 aliphatic carbocycles. The molecule has 0 radical (unpaired) electrons. The summed E-state index contributed by atoms with van der Waals surface area (Å²) in [6.45, 7) is 2.90. The second-order valence-electron chi connectivity index (χ2n) is 4.41. The van der Waals surface area contributed by atoms with Crippen molar-refractivity contribution in [3.63, 3.8) is 0 Å². The van der Waals surface area contributed by atoms with Crippen LogP contribution < -0.4 is 10.1 Å². The molecule has 0 spiro atoms. The van der Waals surface area contributed by atoms with Crippen LogP contribution in [0.15, 0.2) is 42.7 Å². The molecule has 0 fully saturated rings. The Hall–Kier alpha value is -2.63. The Morgan fingerprint density at radius 1 is 1.38 bits per heavy atom. The number of nitrogens with one attached hydrogen (secondary N) is 1. The number of anilines is 1. The van der Waals surface area contributed by atoms with Crippen molar-refractivity contribution in [3.05, 3.63) is 58.4 Å². The number of pyridine rings is 1. The Labute approximate surface area is 122 Å². The summed E-state index contributed by atoms with van der Waals surface area (Å²) in [6, 6.07) is 8.71. The molecule has 2 rings (SSSR count). The average molecular weight is 287 g/mol. The fourth-order valence-corrected chi connectivity index (χ4v) is 1.94. The molecule has 6 nitrogen and oxygen atoms in total. The summed E-state index contributed by atoms with van der Waals surface area (Å²) in [5.41, 5.74) is 1.92. The zero-order valence-corrected chi connectivity index (χ0v) is 11.8. The van der Waals surface area contributed by atoms with Crippen LogP contribution >= 0.6 is 0 Å². The van der Waals surface area contributed by atoms with Gasteiger partial charge < -0.3 is 10.1 Å². The summed E-state index contributed by atoms with van der Waals surface area (Å²) < 4.78 is 5.31. The molecular weight excluding hydrogens is 270 g/mol.